The van der Waals surface area contributed by atoms with Gasteiger partial charge in [0.15, 0.2) is 5.58 Å². The molecule has 0 radical (unpaired) electrons. The standard InChI is InChI=1S/C11H10N2O5/c1-12(9(14)10(15)16)6-3-4-7-8(5-6)18-11(17)13(7)2/h3-5H,1-2H3,(H,15,16). The van der Waals surface area contributed by atoms with Crippen molar-refractivity contribution < 1.29 is 19.1 Å². The van der Waals surface area contributed by atoms with Crippen molar-refractivity contribution in [2.24, 2.45) is 7.05 Å². The van der Waals surface area contributed by atoms with Crippen LogP contribution < -0.4 is 10.7 Å². The molecule has 0 saturated carbocycles. The summed E-state index contributed by atoms with van der Waals surface area (Å²) in [6, 6.07) is 4.57. The summed E-state index contributed by atoms with van der Waals surface area (Å²) >= 11 is 0. The average molecular weight is 250 g/mol. The summed E-state index contributed by atoms with van der Waals surface area (Å²) in [4.78, 5) is 34.1. The molecule has 2 aromatic rings. The fourth-order valence-corrected chi connectivity index (χ4v) is 1.59. The first-order valence-corrected chi connectivity index (χ1v) is 5.02. The molecular weight excluding hydrogens is 240 g/mol. The Balaban J connectivity index is 2.51. The molecule has 0 atom stereocenters. The zero-order valence-corrected chi connectivity index (χ0v) is 9.71. The Hall–Kier alpha value is -2.57. The number of carbonyl (C=O) groups is 2. The van der Waals surface area contributed by atoms with Crippen molar-refractivity contribution in [2.75, 3.05) is 11.9 Å². The third-order valence-electron chi connectivity index (χ3n) is 2.65. The van der Waals surface area contributed by atoms with Gasteiger partial charge >= 0.3 is 17.6 Å². The molecule has 94 valence electrons. The molecular formula is C11H10N2O5. The molecule has 1 amide bonds. The predicted molar refractivity (Wildman–Crippen MR) is 62.5 cm³/mol. The van der Waals surface area contributed by atoms with E-state index in [-0.39, 0.29) is 0 Å². The first-order chi connectivity index (χ1) is 8.41. The lowest BCUT2D eigenvalue weighted by molar-refractivity contribution is -0.148. The van der Waals surface area contributed by atoms with Crippen LogP contribution in [0.1, 0.15) is 0 Å². The lowest BCUT2D eigenvalue weighted by atomic mass is 10.2. The van der Waals surface area contributed by atoms with Gasteiger partial charge in [0.25, 0.3) is 0 Å². The molecule has 0 aliphatic carbocycles. The van der Waals surface area contributed by atoms with Crippen molar-refractivity contribution in [2.45, 2.75) is 0 Å². The topological polar surface area (TPSA) is 92.8 Å². The highest BCUT2D eigenvalue weighted by Gasteiger charge is 2.19. The number of carboxylic acid groups (broad SMARTS) is 1. The first-order valence-electron chi connectivity index (χ1n) is 5.02. The van der Waals surface area contributed by atoms with Crippen molar-refractivity contribution in [3.05, 3.63) is 28.7 Å². The average Bonchev–Trinajstić information content (AvgIpc) is 2.62. The molecule has 1 aromatic carbocycles. The lowest BCUT2D eigenvalue weighted by Gasteiger charge is -2.14. The van der Waals surface area contributed by atoms with Gasteiger partial charge in [-0.2, -0.15) is 0 Å². The summed E-state index contributed by atoms with van der Waals surface area (Å²) in [6.45, 7) is 0. The number of anilines is 1. The van der Waals surface area contributed by atoms with Gasteiger partial charge in [0.1, 0.15) is 0 Å². The van der Waals surface area contributed by atoms with E-state index >= 15 is 0 Å². The van der Waals surface area contributed by atoms with Gasteiger partial charge in [-0.15, -0.1) is 0 Å². The second kappa shape index (κ2) is 4.02. The quantitative estimate of drug-likeness (QED) is 0.729. The number of oxazole rings is 1. The van der Waals surface area contributed by atoms with E-state index < -0.39 is 17.6 Å². The Morgan fingerprint density at radius 2 is 2.06 bits per heavy atom. The number of aryl methyl sites for hydroxylation is 1. The highest BCUT2D eigenvalue weighted by atomic mass is 16.4. The molecule has 0 spiro atoms. The van der Waals surface area contributed by atoms with Crippen LogP contribution >= 0.6 is 0 Å². The molecule has 1 N–H and O–H groups in total. The second-order valence-electron chi connectivity index (χ2n) is 3.75. The maximum atomic E-state index is 11.3. The van der Waals surface area contributed by atoms with Crippen molar-refractivity contribution in [1.82, 2.24) is 4.57 Å². The third-order valence-corrected chi connectivity index (χ3v) is 2.65. The fraction of sp³-hybridized carbons (Fsp3) is 0.182. The fourth-order valence-electron chi connectivity index (χ4n) is 1.59. The zero-order chi connectivity index (χ0) is 13.4. The van der Waals surface area contributed by atoms with E-state index in [0.717, 1.165) is 4.90 Å². The van der Waals surface area contributed by atoms with Crippen LogP contribution in [0.3, 0.4) is 0 Å². The van der Waals surface area contributed by atoms with Gasteiger partial charge in [0.2, 0.25) is 0 Å². The maximum Gasteiger partial charge on any atom is 0.419 e. The summed E-state index contributed by atoms with van der Waals surface area (Å²) in [5.74, 6) is -3.13. The minimum absolute atomic E-state index is 0.296. The molecule has 0 fully saturated rings. The minimum atomic E-state index is -1.55. The molecule has 0 unspecified atom stereocenters. The molecule has 7 nitrogen and oxygen atoms in total. The van der Waals surface area contributed by atoms with Gasteiger partial charge in [0, 0.05) is 25.8 Å². The van der Waals surface area contributed by atoms with Gasteiger partial charge in [-0.3, -0.25) is 9.36 Å². The molecule has 1 heterocycles. The van der Waals surface area contributed by atoms with E-state index in [9.17, 15) is 14.4 Å². The van der Waals surface area contributed by atoms with Gasteiger partial charge < -0.3 is 14.4 Å². The number of aromatic nitrogens is 1. The van der Waals surface area contributed by atoms with Crippen LogP contribution in [0.2, 0.25) is 0 Å². The summed E-state index contributed by atoms with van der Waals surface area (Å²) in [6.07, 6.45) is 0. The first kappa shape index (κ1) is 11.9. The lowest BCUT2D eigenvalue weighted by Crippen LogP contribution is -2.32. The van der Waals surface area contributed by atoms with Crippen LogP contribution in [0.15, 0.2) is 27.4 Å². The third kappa shape index (κ3) is 1.75. The number of benzene rings is 1. The summed E-state index contributed by atoms with van der Waals surface area (Å²) in [5.41, 5.74) is 1.20. The number of likely N-dealkylation sites (N-methyl/N-ethyl adjacent to an activating group) is 1. The van der Waals surface area contributed by atoms with Crippen molar-refractivity contribution >= 4 is 28.7 Å². The number of amides is 1. The van der Waals surface area contributed by atoms with E-state index in [2.05, 4.69) is 0 Å². The number of carboxylic acids is 1. The number of hydrogen-bond donors (Lipinski definition) is 1. The van der Waals surface area contributed by atoms with Crippen molar-refractivity contribution in [1.29, 1.82) is 0 Å². The number of hydrogen-bond acceptors (Lipinski definition) is 4. The Labute approximate surface area is 101 Å². The minimum Gasteiger partial charge on any atom is -0.474 e. The van der Waals surface area contributed by atoms with Crippen LogP contribution in [-0.4, -0.2) is 28.6 Å². The van der Waals surface area contributed by atoms with Gasteiger partial charge in [-0.25, -0.2) is 9.59 Å². The zero-order valence-electron chi connectivity index (χ0n) is 9.71. The van der Waals surface area contributed by atoms with Crippen LogP contribution in [0.25, 0.3) is 11.1 Å². The monoisotopic (exact) mass is 250 g/mol. The molecule has 0 saturated heterocycles. The summed E-state index contributed by atoms with van der Waals surface area (Å²) in [7, 11) is 2.89. The highest BCUT2D eigenvalue weighted by Crippen LogP contribution is 2.20. The van der Waals surface area contributed by atoms with Crippen LogP contribution in [0.4, 0.5) is 5.69 Å². The number of fused-ring (bicyclic) bond motifs is 1. The number of nitrogens with zero attached hydrogens (tertiary/aromatic N) is 2. The van der Waals surface area contributed by atoms with Crippen LogP contribution in [0.5, 0.6) is 0 Å². The Morgan fingerprint density at radius 1 is 1.39 bits per heavy atom. The SMILES string of the molecule is CN(C(=O)C(=O)O)c1ccc2c(c1)oc(=O)n2C. The maximum absolute atomic E-state index is 11.3. The van der Waals surface area contributed by atoms with Crippen molar-refractivity contribution in [3.63, 3.8) is 0 Å². The van der Waals surface area contributed by atoms with Crippen molar-refractivity contribution in [3.8, 4) is 0 Å². The second-order valence-corrected chi connectivity index (χ2v) is 3.75. The van der Waals surface area contributed by atoms with Crippen LogP contribution in [0, 0.1) is 0 Å². The molecule has 7 heteroatoms. The highest BCUT2D eigenvalue weighted by molar-refractivity contribution is 6.37. The van der Waals surface area contributed by atoms with E-state index in [1.807, 2.05) is 0 Å². The molecule has 0 aliphatic rings. The van der Waals surface area contributed by atoms with E-state index in [1.54, 1.807) is 13.1 Å². The molecule has 2 rings (SSSR count). The van der Waals surface area contributed by atoms with Gasteiger partial charge in [0.05, 0.1) is 5.52 Å². The molecule has 0 bridgehead atoms. The Morgan fingerprint density at radius 3 is 2.67 bits per heavy atom. The molecule has 1 aromatic heterocycles. The Bertz CT molecular complexity index is 697. The van der Waals surface area contributed by atoms with E-state index in [1.165, 1.54) is 23.7 Å². The van der Waals surface area contributed by atoms with E-state index in [0.29, 0.717) is 16.8 Å². The molecule has 18 heavy (non-hydrogen) atoms. The number of aliphatic carboxylic acids is 1. The largest absolute Gasteiger partial charge is 0.474 e. The van der Waals surface area contributed by atoms with Gasteiger partial charge in [-0.05, 0) is 12.1 Å². The smallest absolute Gasteiger partial charge is 0.419 e. The molecule has 0 aliphatic heterocycles. The summed E-state index contributed by atoms with van der Waals surface area (Å²) in [5, 5.41) is 8.61. The Kier molecular flexibility index (Phi) is 2.66. The summed E-state index contributed by atoms with van der Waals surface area (Å²) < 4.78 is 6.27. The number of carbonyl (C=O) groups excluding carboxylic acids is 1. The predicted octanol–water partition coefficient (Wildman–Crippen LogP) is 0.179. The number of rotatable bonds is 1. The van der Waals surface area contributed by atoms with Crippen LogP contribution in [-0.2, 0) is 16.6 Å². The normalized spacial score (nSPS) is 10.6. The van der Waals surface area contributed by atoms with Gasteiger partial charge in [-0.1, -0.05) is 0 Å². The van der Waals surface area contributed by atoms with E-state index in [4.69, 9.17) is 9.52 Å².